The summed E-state index contributed by atoms with van der Waals surface area (Å²) in [6.45, 7) is -0.305. The lowest BCUT2D eigenvalue weighted by molar-refractivity contribution is -0.135. The number of carbonyl (C=O) groups is 3. The molecule has 0 aromatic heterocycles. The smallest absolute Gasteiger partial charge is 0.339 e. The zero-order valence-electron chi connectivity index (χ0n) is 18.6. The second-order valence-electron chi connectivity index (χ2n) is 7.90. The minimum atomic E-state index is -0.592. The molecule has 1 aliphatic carbocycles. The van der Waals surface area contributed by atoms with Crippen LogP contribution in [0.1, 0.15) is 48.0 Å². The first kappa shape index (κ1) is 24.3. The number of anilines is 1. The van der Waals surface area contributed by atoms with E-state index in [2.05, 4.69) is 5.32 Å². The lowest BCUT2D eigenvalue weighted by Crippen LogP contribution is -2.40. The molecule has 0 spiro atoms. The van der Waals surface area contributed by atoms with E-state index in [1.807, 2.05) is 6.07 Å². The van der Waals surface area contributed by atoms with Gasteiger partial charge in [0.15, 0.2) is 6.61 Å². The monoisotopic (exact) mass is 465 g/mol. The number of rotatable bonds is 8. The Kier molecular flexibility index (Phi) is 8.90. The quantitative estimate of drug-likeness (QED) is 0.462. The summed E-state index contributed by atoms with van der Waals surface area (Å²) in [4.78, 5) is 39.7. The van der Waals surface area contributed by atoms with E-state index in [1.165, 1.54) is 18.2 Å². The summed E-state index contributed by atoms with van der Waals surface area (Å²) in [5, 5.41) is 11.7. The first-order chi connectivity index (χ1) is 16.0. The van der Waals surface area contributed by atoms with Gasteiger partial charge in [0.25, 0.3) is 5.91 Å². The summed E-state index contributed by atoms with van der Waals surface area (Å²) in [5.74, 6) is -0.989. The molecule has 1 N–H and O–H groups in total. The third-order valence-corrected chi connectivity index (χ3v) is 6.66. The molecule has 1 fully saturated rings. The van der Waals surface area contributed by atoms with Gasteiger partial charge in [0.05, 0.1) is 22.9 Å². The lowest BCUT2D eigenvalue weighted by atomic mass is 9.94. The predicted octanol–water partition coefficient (Wildman–Crippen LogP) is 4.24. The van der Waals surface area contributed by atoms with Gasteiger partial charge in [0.1, 0.15) is 0 Å². The number of hydrogen-bond donors (Lipinski definition) is 1. The van der Waals surface area contributed by atoms with E-state index in [9.17, 15) is 14.4 Å². The zero-order chi connectivity index (χ0) is 23.6. The van der Waals surface area contributed by atoms with E-state index in [0.29, 0.717) is 21.7 Å². The molecule has 0 radical (unpaired) electrons. The van der Waals surface area contributed by atoms with Crippen LogP contribution in [0.4, 0.5) is 5.69 Å². The van der Waals surface area contributed by atoms with Crippen molar-refractivity contribution in [3.63, 3.8) is 0 Å². The van der Waals surface area contributed by atoms with Gasteiger partial charge in [0, 0.05) is 23.7 Å². The van der Waals surface area contributed by atoms with Gasteiger partial charge in [-0.15, -0.1) is 11.8 Å². The maximum Gasteiger partial charge on any atom is 0.339 e. The molecule has 33 heavy (non-hydrogen) atoms. The third-order valence-electron chi connectivity index (χ3n) is 5.58. The molecular weight excluding hydrogens is 438 g/mol. The SMILES string of the molecule is CN(C(=O)COC(=O)c1ccccc1SCC(=O)Nc1cccc(C#N)c1)C1CCCCC1. The molecule has 0 saturated heterocycles. The maximum atomic E-state index is 12.6. The van der Waals surface area contributed by atoms with Crippen LogP contribution >= 0.6 is 11.8 Å². The first-order valence-corrected chi connectivity index (χ1v) is 11.9. The van der Waals surface area contributed by atoms with Crippen molar-refractivity contribution in [2.24, 2.45) is 0 Å². The van der Waals surface area contributed by atoms with Crippen LogP contribution in [0.2, 0.25) is 0 Å². The number of benzene rings is 2. The molecule has 0 aliphatic heterocycles. The standard InChI is InChI=1S/C25H27N3O4S/c1-28(20-10-3-2-4-11-20)24(30)16-32-25(31)21-12-5-6-13-22(21)33-17-23(29)27-19-9-7-8-18(14-19)15-26/h5-9,12-14,20H,2-4,10-11,16-17H2,1H3,(H,27,29). The molecule has 1 saturated carbocycles. The molecule has 2 aromatic rings. The molecule has 8 heteroatoms. The number of hydrogen-bond acceptors (Lipinski definition) is 6. The fourth-order valence-corrected chi connectivity index (χ4v) is 4.59. The van der Waals surface area contributed by atoms with Gasteiger partial charge < -0.3 is 15.0 Å². The van der Waals surface area contributed by atoms with Crippen molar-refractivity contribution in [2.75, 3.05) is 24.7 Å². The van der Waals surface area contributed by atoms with Gasteiger partial charge in [0.2, 0.25) is 5.91 Å². The third kappa shape index (κ3) is 7.09. The lowest BCUT2D eigenvalue weighted by Gasteiger charge is -2.31. The topological polar surface area (TPSA) is 99.5 Å². The summed E-state index contributed by atoms with van der Waals surface area (Å²) in [6, 6.07) is 15.7. The van der Waals surface area contributed by atoms with Crippen molar-refractivity contribution in [3.05, 3.63) is 59.7 Å². The van der Waals surface area contributed by atoms with Gasteiger partial charge in [-0.2, -0.15) is 5.26 Å². The van der Waals surface area contributed by atoms with E-state index in [-0.39, 0.29) is 30.2 Å². The Morgan fingerprint density at radius 1 is 1.12 bits per heavy atom. The van der Waals surface area contributed by atoms with E-state index in [4.69, 9.17) is 10.00 Å². The highest BCUT2D eigenvalue weighted by atomic mass is 32.2. The van der Waals surface area contributed by atoms with Crippen LogP contribution < -0.4 is 5.32 Å². The molecule has 0 atom stereocenters. The highest BCUT2D eigenvalue weighted by Crippen LogP contribution is 2.24. The van der Waals surface area contributed by atoms with Crippen LogP contribution in [0.25, 0.3) is 0 Å². The number of ether oxygens (including phenoxy) is 1. The van der Waals surface area contributed by atoms with Crippen LogP contribution in [-0.4, -0.2) is 48.1 Å². The number of nitriles is 1. The molecular formula is C25H27N3O4S. The van der Waals surface area contributed by atoms with Crippen molar-refractivity contribution in [1.29, 1.82) is 5.26 Å². The number of likely N-dealkylation sites (N-methyl/N-ethyl adjacent to an activating group) is 1. The number of nitrogens with one attached hydrogen (secondary N) is 1. The Balaban J connectivity index is 1.53. The normalized spacial score (nSPS) is 13.6. The highest BCUT2D eigenvalue weighted by Gasteiger charge is 2.23. The van der Waals surface area contributed by atoms with E-state index >= 15 is 0 Å². The van der Waals surface area contributed by atoms with Gasteiger partial charge in [-0.1, -0.05) is 37.5 Å². The molecule has 3 rings (SSSR count). The molecule has 1 aliphatic rings. The van der Waals surface area contributed by atoms with Gasteiger partial charge in [-0.25, -0.2) is 4.79 Å². The van der Waals surface area contributed by atoms with E-state index < -0.39 is 5.97 Å². The van der Waals surface area contributed by atoms with E-state index in [1.54, 1.807) is 60.5 Å². The van der Waals surface area contributed by atoms with Crippen LogP contribution in [0.15, 0.2) is 53.4 Å². The second kappa shape index (κ2) is 12.1. The fourth-order valence-electron chi connectivity index (χ4n) is 3.75. The number of amides is 2. The Hall–Kier alpha value is -3.31. The Morgan fingerprint density at radius 3 is 2.64 bits per heavy atom. The number of esters is 1. The Labute approximate surface area is 198 Å². The van der Waals surface area contributed by atoms with Crippen LogP contribution in [0.5, 0.6) is 0 Å². The first-order valence-electron chi connectivity index (χ1n) is 10.9. The molecule has 0 unspecified atom stereocenters. The van der Waals surface area contributed by atoms with Crippen molar-refractivity contribution < 1.29 is 19.1 Å². The minimum absolute atomic E-state index is 0.0738. The van der Waals surface area contributed by atoms with Crippen molar-refractivity contribution >= 4 is 35.2 Å². The second-order valence-corrected chi connectivity index (χ2v) is 8.92. The fraction of sp³-hybridized carbons (Fsp3) is 0.360. The van der Waals surface area contributed by atoms with Crippen LogP contribution in [0, 0.1) is 11.3 Å². The molecule has 0 bridgehead atoms. The minimum Gasteiger partial charge on any atom is -0.452 e. The van der Waals surface area contributed by atoms with E-state index in [0.717, 1.165) is 25.7 Å². The van der Waals surface area contributed by atoms with Crippen molar-refractivity contribution in [2.45, 2.75) is 43.0 Å². The number of carbonyl (C=O) groups excluding carboxylic acids is 3. The zero-order valence-corrected chi connectivity index (χ0v) is 19.4. The molecule has 2 aromatic carbocycles. The van der Waals surface area contributed by atoms with Crippen molar-refractivity contribution in [3.8, 4) is 6.07 Å². The van der Waals surface area contributed by atoms with Gasteiger partial charge in [-0.3, -0.25) is 9.59 Å². The molecule has 2 amide bonds. The summed E-state index contributed by atoms with van der Waals surface area (Å²) < 4.78 is 5.30. The summed E-state index contributed by atoms with van der Waals surface area (Å²) in [6.07, 6.45) is 5.40. The number of nitrogens with zero attached hydrogens (tertiary/aromatic N) is 2. The average Bonchev–Trinajstić information content (AvgIpc) is 2.86. The van der Waals surface area contributed by atoms with Crippen molar-refractivity contribution in [1.82, 2.24) is 4.90 Å². The predicted molar refractivity (Wildman–Crippen MR) is 127 cm³/mol. The maximum absolute atomic E-state index is 12.6. The summed E-state index contributed by atoms with van der Waals surface area (Å²) in [7, 11) is 1.76. The molecule has 172 valence electrons. The summed E-state index contributed by atoms with van der Waals surface area (Å²) in [5.41, 5.74) is 1.31. The van der Waals surface area contributed by atoms with Gasteiger partial charge in [-0.05, 0) is 43.2 Å². The van der Waals surface area contributed by atoms with Crippen LogP contribution in [-0.2, 0) is 14.3 Å². The Morgan fingerprint density at radius 2 is 1.88 bits per heavy atom. The number of thioether (sulfide) groups is 1. The average molecular weight is 466 g/mol. The highest BCUT2D eigenvalue weighted by molar-refractivity contribution is 8.00. The summed E-state index contributed by atoms with van der Waals surface area (Å²) >= 11 is 1.20. The molecule has 7 nitrogen and oxygen atoms in total. The van der Waals surface area contributed by atoms with Crippen LogP contribution in [0.3, 0.4) is 0 Å². The largest absolute Gasteiger partial charge is 0.452 e. The molecule has 0 heterocycles. The van der Waals surface area contributed by atoms with Gasteiger partial charge >= 0.3 is 5.97 Å². The Bertz CT molecular complexity index is 1040.